The number of thioether (sulfide) groups is 1. The molecule has 0 radical (unpaired) electrons. The van der Waals surface area contributed by atoms with Crippen molar-refractivity contribution < 1.29 is 5.11 Å². The van der Waals surface area contributed by atoms with Crippen LogP contribution in [-0.2, 0) is 0 Å². The van der Waals surface area contributed by atoms with Crippen LogP contribution in [0, 0.1) is 0 Å². The molecule has 0 aliphatic carbocycles. The molecule has 3 atom stereocenters. The van der Waals surface area contributed by atoms with Crippen molar-refractivity contribution in [1.82, 2.24) is 5.32 Å². The van der Waals surface area contributed by atoms with Crippen molar-refractivity contribution in [1.29, 1.82) is 0 Å². The molecule has 3 unspecified atom stereocenters. The molecule has 15 heavy (non-hydrogen) atoms. The number of hydrogen-bond donors (Lipinski definition) is 2. The lowest BCUT2D eigenvalue weighted by atomic mass is 10.1. The molecule has 0 saturated carbocycles. The SMILES string of the molecule is CCCCC(CC)NC(C)C(CO)SC. The summed E-state index contributed by atoms with van der Waals surface area (Å²) in [7, 11) is 0. The Hall–Kier alpha value is 0.270. The van der Waals surface area contributed by atoms with E-state index in [0.29, 0.717) is 17.3 Å². The van der Waals surface area contributed by atoms with Crippen molar-refractivity contribution >= 4 is 11.8 Å². The second-order valence-electron chi connectivity index (χ2n) is 4.16. The van der Waals surface area contributed by atoms with Crippen molar-refractivity contribution in [3.05, 3.63) is 0 Å². The summed E-state index contributed by atoms with van der Waals surface area (Å²) in [4.78, 5) is 0. The highest BCUT2D eigenvalue weighted by Gasteiger charge is 2.17. The molecule has 92 valence electrons. The lowest BCUT2D eigenvalue weighted by Crippen LogP contribution is -2.43. The first kappa shape index (κ1) is 15.3. The Morgan fingerprint density at radius 3 is 2.40 bits per heavy atom. The molecule has 0 saturated heterocycles. The summed E-state index contributed by atoms with van der Waals surface area (Å²) in [6.45, 7) is 6.90. The van der Waals surface area contributed by atoms with E-state index in [1.807, 2.05) is 0 Å². The number of aliphatic hydroxyl groups is 1. The van der Waals surface area contributed by atoms with Crippen LogP contribution in [0.25, 0.3) is 0 Å². The summed E-state index contributed by atoms with van der Waals surface area (Å²) in [5.41, 5.74) is 0. The Balaban J connectivity index is 3.92. The van der Waals surface area contributed by atoms with Crippen LogP contribution in [0.3, 0.4) is 0 Å². The fourth-order valence-corrected chi connectivity index (χ4v) is 2.41. The van der Waals surface area contributed by atoms with Gasteiger partial charge in [-0.05, 0) is 26.0 Å². The van der Waals surface area contributed by atoms with E-state index in [1.54, 1.807) is 11.8 Å². The summed E-state index contributed by atoms with van der Waals surface area (Å²) in [5.74, 6) is 0. The zero-order valence-electron chi connectivity index (χ0n) is 10.6. The molecule has 0 aromatic heterocycles. The van der Waals surface area contributed by atoms with Gasteiger partial charge in [-0.3, -0.25) is 0 Å². The van der Waals surface area contributed by atoms with Gasteiger partial charge in [-0.15, -0.1) is 0 Å². The van der Waals surface area contributed by atoms with Gasteiger partial charge >= 0.3 is 0 Å². The van der Waals surface area contributed by atoms with Crippen molar-refractivity contribution in [2.45, 2.75) is 63.8 Å². The highest BCUT2D eigenvalue weighted by molar-refractivity contribution is 7.99. The smallest absolute Gasteiger partial charge is 0.0564 e. The summed E-state index contributed by atoms with van der Waals surface area (Å²) in [5, 5.41) is 13.1. The third kappa shape index (κ3) is 6.44. The molecule has 3 heteroatoms. The van der Waals surface area contributed by atoms with Gasteiger partial charge in [-0.25, -0.2) is 0 Å². The molecular formula is C12H27NOS. The van der Waals surface area contributed by atoms with Gasteiger partial charge in [-0.1, -0.05) is 26.7 Å². The Labute approximate surface area is 99.2 Å². The zero-order valence-corrected chi connectivity index (χ0v) is 11.4. The average molecular weight is 233 g/mol. The highest BCUT2D eigenvalue weighted by atomic mass is 32.2. The molecular weight excluding hydrogens is 206 g/mol. The normalized spacial score (nSPS) is 17.4. The van der Waals surface area contributed by atoms with Gasteiger partial charge in [0.05, 0.1) is 6.61 Å². The molecule has 2 nitrogen and oxygen atoms in total. The number of aliphatic hydroxyl groups excluding tert-OH is 1. The number of unbranched alkanes of at least 4 members (excludes halogenated alkanes) is 1. The summed E-state index contributed by atoms with van der Waals surface area (Å²) >= 11 is 1.74. The Kier molecular flexibility index (Phi) is 9.66. The van der Waals surface area contributed by atoms with Gasteiger partial charge < -0.3 is 10.4 Å². The third-order valence-corrected chi connectivity index (χ3v) is 4.10. The maximum Gasteiger partial charge on any atom is 0.0564 e. The molecule has 0 aliphatic rings. The quantitative estimate of drug-likeness (QED) is 0.642. The van der Waals surface area contributed by atoms with Gasteiger partial charge in [0.2, 0.25) is 0 Å². The van der Waals surface area contributed by atoms with Gasteiger partial charge in [0.1, 0.15) is 0 Å². The van der Waals surface area contributed by atoms with Gasteiger partial charge in [0.25, 0.3) is 0 Å². The standard InChI is InChI=1S/C12H27NOS/c1-5-7-8-11(6-2)13-10(3)12(9-14)15-4/h10-14H,5-9H2,1-4H3. The number of rotatable bonds is 9. The molecule has 0 fully saturated rings. The predicted octanol–water partition coefficient (Wildman–Crippen LogP) is 2.66. The summed E-state index contributed by atoms with van der Waals surface area (Å²) in [6, 6.07) is 1.01. The van der Waals surface area contributed by atoms with E-state index in [-0.39, 0.29) is 6.61 Å². The van der Waals surface area contributed by atoms with Crippen molar-refractivity contribution in [2.75, 3.05) is 12.9 Å². The third-order valence-electron chi connectivity index (χ3n) is 2.94. The van der Waals surface area contributed by atoms with E-state index in [0.717, 1.165) is 0 Å². The maximum absolute atomic E-state index is 9.20. The lowest BCUT2D eigenvalue weighted by Gasteiger charge is -2.26. The van der Waals surface area contributed by atoms with E-state index in [4.69, 9.17) is 0 Å². The first-order valence-corrected chi connectivity index (χ1v) is 7.38. The second kappa shape index (κ2) is 9.49. The van der Waals surface area contributed by atoms with E-state index >= 15 is 0 Å². The Morgan fingerprint density at radius 2 is 2.00 bits per heavy atom. The fraction of sp³-hybridized carbons (Fsp3) is 1.00. The molecule has 0 spiro atoms. The molecule has 0 bridgehead atoms. The highest BCUT2D eigenvalue weighted by Crippen LogP contribution is 2.13. The maximum atomic E-state index is 9.20. The molecule has 0 heterocycles. The van der Waals surface area contributed by atoms with Crippen LogP contribution in [0.1, 0.15) is 46.5 Å². The van der Waals surface area contributed by atoms with E-state index in [2.05, 4.69) is 32.3 Å². The fourth-order valence-electron chi connectivity index (χ4n) is 1.77. The van der Waals surface area contributed by atoms with Crippen molar-refractivity contribution in [3.8, 4) is 0 Å². The average Bonchev–Trinajstić information content (AvgIpc) is 2.25. The Morgan fingerprint density at radius 1 is 1.33 bits per heavy atom. The van der Waals surface area contributed by atoms with Crippen LogP contribution >= 0.6 is 11.8 Å². The van der Waals surface area contributed by atoms with Crippen LogP contribution in [-0.4, -0.2) is 35.3 Å². The molecule has 0 amide bonds. The van der Waals surface area contributed by atoms with Crippen LogP contribution in [0.5, 0.6) is 0 Å². The minimum absolute atomic E-state index is 0.263. The van der Waals surface area contributed by atoms with Gasteiger partial charge in [0, 0.05) is 17.3 Å². The van der Waals surface area contributed by atoms with Crippen LogP contribution in [0.2, 0.25) is 0 Å². The summed E-state index contributed by atoms with van der Waals surface area (Å²) in [6.07, 6.45) is 7.05. The lowest BCUT2D eigenvalue weighted by molar-refractivity contribution is 0.267. The zero-order chi connectivity index (χ0) is 11.7. The molecule has 2 N–H and O–H groups in total. The van der Waals surface area contributed by atoms with E-state index < -0.39 is 0 Å². The van der Waals surface area contributed by atoms with E-state index in [1.165, 1.54) is 25.7 Å². The van der Waals surface area contributed by atoms with Gasteiger partial charge in [-0.2, -0.15) is 11.8 Å². The largest absolute Gasteiger partial charge is 0.395 e. The molecule has 0 rings (SSSR count). The molecule has 0 aliphatic heterocycles. The Bertz CT molecular complexity index is 140. The summed E-state index contributed by atoms with van der Waals surface area (Å²) < 4.78 is 0. The number of hydrogen-bond acceptors (Lipinski definition) is 3. The number of nitrogens with one attached hydrogen (secondary N) is 1. The molecule has 0 aromatic rings. The van der Waals surface area contributed by atoms with Gasteiger partial charge in [0.15, 0.2) is 0 Å². The minimum Gasteiger partial charge on any atom is -0.395 e. The van der Waals surface area contributed by atoms with Crippen LogP contribution in [0.15, 0.2) is 0 Å². The minimum atomic E-state index is 0.263. The van der Waals surface area contributed by atoms with Crippen LogP contribution < -0.4 is 5.32 Å². The molecule has 0 aromatic carbocycles. The first-order chi connectivity index (χ1) is 7.19. The van der Waals surface area contributed by atoms with Crippen molar-refractivity contribution in [2.24, 2.45) is 0 Å². The topological polar surface area (TPSA) is 32.3 Å². The second-order valence-corrected chi connectivity index (χ2v) is 5.24. The van der Waals surface area contributed by atoms with Crippen LogP contribution in [0.4, 0.5) is 0 Å². The monoisotopic (exact) mass is 233 g/mol. The van der Waals surface area contributed by atoms with E-state index in [9.17, 15) is 5.11 Å². The van der Waals surface area contributed by atoms with Crippen molar-refractivity contribution in [3.63, 3.8) is 0 Å². The predicted molar refractivity (Wildman–Crippen MR) is 70.6 cm³/mol. The first-order valence-electron chi connectivity index (χ1n) is 6.09.